The van der Waals surface area contributed by atoms with Crippen LogP contribution >= 0.6 is 11.8 Å². The topological polar surface area (TPSA) is 81.4 Å². The molecule has 2 aromatic rings. The van der Waals surface area contributed by atoms with Crippen LogP contribution in [-0.2, 0) is 9.53 Å². The Balaban J connectivity index is 2.00. The van der Waals surface area contributed by atoms with E-state index >= 15 is 0 Å². The summed E-state index contributed by atoms with van der Waals surface area (Å²) in [7, 11) is 0. The first-order chi connectivity index (χ1) is 10.5. The largest absolute Gasteiger partial charge is 0.449 e. The van der Waals surface area contributed by atoms with Gasteiger partial charge in [0.2, 0.25) is 0 Å². The predicted octanol–water partition coefficient (Wildman–Crippen LogP) is 2.89. The van der Waals surface area contributed by atoms with Crippen molar-refractivity contribution in [3.8, 4) is 0 Å². The van der Waals surface area contributed by atoms with Gasteiger partial charge in [0.1, 0.15) is 5.76 Å². The zero-order valence-corrected chi connectivity index (χ0v) is 13.3. The lowest BCUT2D eigenvalue weighted by molar-refractivity contribution is -0.123. The average Bonchev–Trinajstić information content (AvgIpc) is 2.92. The highest BCUT2D eigenvalue weighted by atomic mass is 32.2. The zero-order valence-electron chi connectivity index (χ0n) is 12.5. The van der Waals surface area contributed by atoms with Crippen LogP contribution in [0.2, 0.25) is 0 Å². The van der Waals surface area contributed by atoms with Crippen molar-refractivity contribution in [2.75, 3.05) is 11.6 Å². The van der Waals surface area contributed by atoms with E-state index in [4.69, 9.17) is 9.26 Å². The number of thioether (sulfide) groups is 1. The van der Waals surface area contributed by atoms with Gasteiger partial charge in [0.05, 0.1) is 5.56 Å². The maximum absolute atomic E-state index is 12.1. The van der Waals surface area contributed by atoms with Crippen molar-refractivity contribution in [3.05, 3.63) is 41.7 Å². The van der Waals surface area contributed by atoms with Crippen LogP contribution in [0.1, 0.15) is 23.0 Å². The van der Waals surface area contributed by atoms with Gasteiger partial charge in [0, 0.05) is 11.0 Å². The van der Waals surface area contributed by atoms with E-state index in [1.54, 1.807) is 25.1 Å². The fraction of sp³-hybridized carbons (Fsp3) is 0.267. The molecule has 6 nitrogen and oxygen atoms in total. The molecule has 22 heavy (non-hydrogen) atoms. The van der Waals surface area contributed by atoms with E-state index in [2.05, 4.69) is 10.5 Å². The van der Waals surface area contributed by atoms with E-state index in [0.29, 0.717) is 11.3 Å². The molecule has 116 valence electrons. The summed E-state index contributed by atoms with van der Waals surface area (Å²) < 4.78 is 10.0. The quantitative estimate of drug-likeness (QED) is 0.674. The highest BCUT2D eigenvalue weighted by Crippen LogP contribution is 2.21. The maximum Gasteiger partial charge on any atom is 0.340 e. The van der Waals surface area contributed by atoms with Gasteiger partial charge in [-0.05, 0) is 32.2 Å². The monoisotopic (exact) mass is 320 g/mol. The fourth-order valence-corrected chi connectivity index (χ4v) is 2.33. The predicted molar refractivity (Wildman–Crippen MR) is 83.0 cm³/mol. The molecule has 0 fully saturated rings. The third-order valence-electron chi connectivity index (χ3n) is 2.86. The third kappa shape index (κ3) is 3.88. The van der Waals surface area contributed by atoms with Crippen LogP contribution in [0.4, 0.5) is 5.82 Å². The maximum atomic E-state index is 12.1. The Bertz CT molecular complexity index is 684. The Morgan fingerprint density at radius 1 is 1.36 bits per heavy atom. The number of amides is 1. The van der Waals surface area contributed by atoms with E-state index in [-0.39, 0.29) is 5.82 Å². The lowest BCUT2D eigenvalue weighted by atomic mass is 10.2. The van der Waals surface area contributed by atoms with Gasteiger partial charge in [-0.1, -0.05) is 17.3 Å². The summed E-state index contributed by atoms with van der Waals surface area (Å²) >= 11 is 1.44. The van der Waals surface area contributed by atoms with Crippen molar-refractivity contribution in [2.45, 2.75) is 24.8 Å². The van der Waals surface area contributed by atoms with Crippen LogP contribution < -0.4 is 5.32 Å². The molecule has 0 aliphatic heterocycles. The van der Waals surface area contributed by atoms with Gasteiger partial charge in [0.15, 0.2) is 11.9 Å². The number of aryl methyl sites for hydroxylation is 1. The second kappa shape index (κ2) is 7.13. The second-order valence-corrected chi connectivity index (χ2v) is 5.41. The minimum atomic E-state index is -0.945. The van der Waals surface area contributed by atoms with Gasteiger partial charge >= 0.3 is 5.97 Å². The summed E-state index contributed by atoms with van der Waals surface area (Å²) in [6.07, 6.45) is 0.925. The van der Waals surface area contributed by atoms with Crippen LogP contribution in [0, 0.1) is 6.92 Å². The number of anilines is 1. The number of carbonyl (C=O) groups is 2. The molecular weight excluding hydrogens is 304 g/mol. The number of ether oxygens (including phenoxy) is 1. The van der Waals surface area contributed by atoms with Crippen LogP contribution in [0.5, 0.6) is 0 Å². The number of aromatic nitrogens is 1. The molecule has 1 heterocycles. The standard InChI is InChI=1S/C15H16N2O4S/c1-9-8-13(17-21-9)16-14(18)10(2)20-15(19)11-6-4-5-7-12(11)22-3/h4-8,10H,1-3H3,(H,16,17,18)/t10-/m0/s1. The molecule has 0 unspecified atom stereocenters. The molecule has 0 spiro atoms. The lowest BCUT2D eigenvalue weighted by Gasteiger charge is -2.13. The van der Waals surface area contributed by atoms with Crippen molar-refractivity contribution in [1.82, 2.24) is 5.16 Å². The molecule has 1 amide bonds. The van der Waals surface area contributed by atoms with Crippen LogP contribution in [0.3, 0.4) is 0 Å². The first-order valence-corrected chi connectivity index (χ1v) is 7.82. The highest BCUT2D eigenvalue weighted by Gasteiger charge is 2.21. The summed E-state index contributed by atoms with van der Waals surface area (Å²) in [6.45, 7) is 3.22. The van der Waals surface area contributed by atoms with Gasteiger partial charge in [0.25, 0.3) is 5.91 Å². The molecule has 1 N–H and O–H groups in total. The van der Waals surface area contributed by atoms with Crippen molar-refractivity contribution in [2.24, 2.45) is 0 Å². The average molecular weight is 320 g/mol. The van der Waals surface area contributed by atoms with Crippen LogP contribution in [0.15, 0.2) is 39.8 Å². The Hall–Kier alpha value is -2.28. The first kappa shape index (κ1) is 16.1. The van der Waals surface area contributed by atoms with E-state index in [1.807, 2.05) is 18.4 Å². The number of esters is 1. The number of rotatable bonds is 5. The molecule has 0 bridgehead atoms. The summed E-state index contributed by atoms with van der Waals surface area (Å²) in [4.78, 5) is 24.9. The molecule has 0 aliphatic carbocycles. The van der Waals surface area contributed by atoms with Crippen LogP contribution in [0.25, 0.3) is 0 Å². The van der Waals surface area contributed by atoms with Crippen molar-refractivity contribution < 1.29 is 18.8 Å². The molecular formula is C15H16N2O4S. The number of nitrogens with zero attached hydrogens (tertiary/aromatic N) is 1. The first-order valence-electron chi connectivity index (χ1n) is 6.59. The SMILES string of the molecule is CSc1ccccc1C(=O)O[C@@H](C)C(=O)Nc1cc(C)on1. The fourth-order valence-electron chi connectivity index (χ4n) is 1.74. The number of carbonyl (C=O) groups excluding carboxylic acids is 2. The van der Waals surface area contributed by atoms with Gasteiger partial charge in [-0.25, -0.2) is 4.79 Å². The molecule has 0 saturated heterocycles. The summed E-state index contributed by atoms with van der Waals surface area (Å²) in [5.41, 5.74) is 0.437. The highest BCUT2D eigenvalue weighted by molar-refractivity contribution is 7.98. The number of hydrogen-bond acceptors (Lipinski definition) is 6. The molecule has 2 rings (SSSR count). The van der Waals surface area contributed by atoms with E-state index in [9.17, 15) is 9.59 Å². The number of nitrogens with one attached hydrogen (secondary N) is 1. The summed E-state index contributed by atoms with van der Waals surface area (Å²) in [6, 6.07) is 8.66. The van der Waals surface area contributed by atoms with Gasteiger partial charge < -0.3 is 14.6 Å². The zero-order chi connectivity index (χ0) is 16.1. The smallest absolute Gasteiger partial charge is 0.340 e. The van der Waals surface area contributed by atoms with Crippen molar-refractivity contribution in [3.63, 3.8) is 0 Å². The molecule has 1 aromatic carbocycles. The molecule has 0 radical (unpaired) electrons. The number of hydrogen-bond donors (Lipinski definition) is 1. The number of benzene rings is 1. The Morgan fingerprint density at radius 3 is 2.73 bits per heavy atom. The normalized spacial score (nSPS) is 11.8. The van der Waals surface area contributed by atoms with Crippen LogP contribution in [-0.4, -0.2) is 29.4 Å². The van der Waals surface area contributed by atoms with Gasteiger partial charge in [-0.15, -0.1) is 11.8 Å². The Morgan fingerprint density at radius 2 is 2.09 bits per heavy atom. The Kier molecular flexibility index (Phi) is 5.21. The summed E-state index contributed by atoms with van der Waals surface area (Å²) in [5.74, 6) is -0.143. The molecule has 0 aliphatic rings. The Labute approximate surface area is 132 Å². The lowest BCUT2D eigenvalue weighted by Crippen LogP contribution is -2.30. The van der Waals surface area contributed by atoms with Gasteiger partial charge in [-0.3, -0.25) is 4.79 Å². The molecule has 7 heteroatoms. The van der Waals surface area contributed by atoms with E-state index in [1.165, 1.54) is 18.7 Å². The second-order valence-electron chi connectivity index (χ2n) is 4.56. The van der Waals surface area contributed by atoms with E-state index < -0.39 is 18.0 Å². The minimum absolute atomic E-state index is 0.287. The minimum Gasteiger partial charge on any atom is -0.449 e. The van der Waals surface area contributed by atoms with Crippen molar-refractivity contribution >= 4 is 29.5 Å². The molecule has 1 aromatic heterocycles. The third-order valence-corrected chi connectivity index (χ3v) is 3.65. The molecule has 0 saturated carbocycles. The van der Waals surface area contributed by atoms with Crippen molar-refractivity contribution in [1.29, 1.82) is 0 Å². The summed E-state index contributed by atoms with van der Waals surface area (Å²) in [5, 5.41) is 6.17. The molecule has 1 atom stereocenters. The van der Waals surface area contributed by atoms with E-state index in [0.717, 1.165) is 4.90 Å². The van der Waals surface area contributed by atoms with Gasteiger partial charge in [-0.2, -0.15) is 0 Å².